The van der Waals surface area contributed by atoms with Gasteiger partial charge >= 0.3 is 5.84 Å². The molecule has 0 aliphatic carbocycles. The zero-order valence-electron chi connectivity index (χ0n) is 14.8. The number of hydrogen-bond donors (Lipinski definition) is 1. The summed E-state index contributed by atoms with van der Waals surface area (Å²) in [6.07, 6.45) is 7.40. The van der Waals surface area contributed by atoms with Crippen LogP contribution in [0.25, 0.3) is 10.9 Å². The van der Waals surface area contributed by atoms with E-state index in [0.29, 0.717) is 12.1 Å². The maximum Gasteiger partial charge on any atom is 0.301 e. The molecule has 0 bridgehead atoms. The Morgan fingerprint density at radius 2 is 2.15 bits per heavy atom. The van der Waals surface area contributed by atoms with Crippen molar-refractivity contribution >= 4 is 28.4 Å². The number of likely N-dealkylation sites (tertiary alicyclic amines) is 1. The van der Waals surface area contributed by atoms with Gasteiger partial charge in [-0.25, -0.2) is 5.32 Å². The van der Waals surface area contributed by atoms with Gasteiger partial charge in [0.15, 0.2) is 12.0 Å². The number of benzene rings is 1. The highest BCUT2D eigenvalue weighted by Crippen LogP contribution is 2.23. The van der Waals surface area contributed by atoms with E-state index < -0.39 is 0 Å². The van der Waals surface area contributed by atoms with E-state index in [4.69, 9.17) is 0 Å². The summed E-state index contributed by atoms with van der Waals surface area (Å²) >= 11 is 0. The number of amides is 1. The SMILES string of the molecule is CC(=O)c1cn(CC(=O)N2CCCC(C3=[N+]C=CN3)C2)c2ccccc12. The van der Waals surface area contributed by atoms with Crippen LogP contribution in [-0.4, -0.2) is 40.1 Å². The minimum Gasteiger partial charge on any atom is -0.340 e. The van der Waals surface area contributed by atoms with Crippen LogP contribution in [0.3, 0.4) is 0 Å². The standard InChI is InChI=1S/C20H22N4O2/c1-14(25)17-12-24(18-7-3-2-6-16(17)18)13-19(26)23-10-4-5-15(11-23)20-21-8-9-22-20/h2-3,6-9,12,15,21H,4-5,10-11,13H2,1H3/q+1. The summed E-state index contributed by atoms with van der Waals surface area (Å²) in [7, 11) is 0. The fourth-order valence-corrected chi connectivity index (χ4v) is 3.83. The summed E-state index contributed by atoms with van der Waals surface area (Å²) in [6.45, 7) is 3.27. The number of aliphatic imine (C=N–C) groups is 1. The summed E-state index contributed by atoms with van der Waals surface area (Å²) < 4.78 is 1.89. The fraction of sp³-hybridized carbons (Fsp3) is 0.350. The number of rotatable bonds is 4. The van der Waals surface area contributed by atoms with Crippen LogP contribution in [0.4, 0.5) is 0 Å². The number of hydrogen-bond acceptors (Lipinski definition) is 4. The molecular formula is C20H22N4O2+. The normalized spacial score (nSPS) is 19.5. The van der Waals surface area contributed by atoms with Crippen LogP contribution >= 0.6 is 0 Å². The molecule has 1 saturated heterocycles. The van der Waals surface area contributed by atoms with Crippen molar-refractivity contribution in [1.82, 2.24) is 19.8 Å². The molecule has 1 amide bonds. The first-order valence-electron chi connectivity index (χ1n) is 8.99. The van der Waals surface area contributed by atoms with Crippen LogP contribution in [0.5, 0.6) is 0 Å². The van der Waals surface area contributed by atoms with Gasteiger partial charge in [-0.3, -0.25) is 9.59 Å². The highest BCUT2D eigenvalue weighted by Gasteiger charge is 2.32. The summed E-state index contributed by atoms with van der Waals surface area (Å²) in [5.74, 6) is 1.31. The smallest absolute Gasteiger partial charge is 0.301 e. The van der Waals surface area contributed by atoms with Gasteiger partial charge in [0.05, 0.1) is 5.92 Å². The number of piperidine rings is 1. The molecule has 0 saturated carbocycles. The number of ketones is 1. The van der Waals surface area contributed by atoms with Crippen molar-refractivity contribution in [2.24, 2.45) is 5.92 Å². The number of para-hydroxylation sites is 1. The van der Waals surface area contributed by atoms with E-state index >= 15 is 0 Å². The molecular weight excluding hydrogens is 328 g/mol. The van der Waals surface area contributed by atoms with E-state index in [-0.39, 0.29) is 24.2 Å². The number of Topliss-reactive ketones (excluding diaryl/α,β-unsaturated/α-hetero) is 1. The maximum absolute atomic E-state index is 12.9. The second-order valence-corrected chi connectivity index (χ2v) is 6.90. The first kappa shape index (κ1) is 16.6. The average molecular weight is 350 g/mol. The molecule has 2 aromatic rings. The van der Waals surface area contributed by atoms with Crippen LogP contribution in [0, 0.1) is 5.92 Å². The molecule has 2 aliphatic heterocycles. The van der Waals surface area contributed by atoms with E-state index in [0.717, 1.165) is 36.1 Å². The van der Waals surface area contributed by atoms with E-state index in [1.54, 1.807) is 19.3 Å². The van der Waals surface area contributed by atoms with Gasteiger partial charge in [0.25, 0.3) is 0 Å². The Kier molecular flexibility index (Phi) is 4.32. The number of aromatic nitrogens is 1. The molecule has 1 aromatic carbocycles. The zero-order chi connectivity index (χ0) is 18.1. The van der Waals surface area contributed by atoms with Crippen LogP contribution in [0.2, 0.25) is 0 Å². The fourth-order valence-electron chi connectivity index (χ4n) is 3.83. The first-order valence-corrected chi connectivity index (χ1v) is 8.99. The Labute approximate surface area is 152 Å². The lowest BCUT2D eigenvalue weighted by molar-refractivity contribution is -0.133. The average Bonchev–Trinajstić information content (AvgIpc) is 3.30. The van der Waals surface area contributed by atoms with Gasteiger partial charge in [0.2, 0.25) is 5.91 Å². The molecule has 1 fully saturated rings. The second kappa shape index (κ2) is 6.78. The van der Waals surface area contributed by atoms with Gasteiger partial charge in [-0.05, 0) is 25.8 Å². The van der Waals surface area contributed by atoms with E-state index in [9.17, 15) is 9.59 Å². The lowest BCUT2D eigenvalue weighted by atomic mass is 9.96. The van der Waals surface area contributed by atoms with Crippen molar-refractivity contribution in [3.8, 4) is 0 Å². The third-order valence-corrected chi connectivity index (χ3v) is 5.15. The summed E-state index contributed by atoms with van der Waals surface area (Å²) in [5.41, 5.74) is 1.59. The summed E-state index contributed by atoms with van der Waals surface area (Å²) in [5, 5.41) is 4.07. The Morgan fingerprint density at radius 1 is 1.31 bits per heavy atom. The topological polar surface area (TPSA) is 68.4 Å². The van der Waals surface area contributed by atoms with Crippen molar-refractivity contribution in [2.75, 3.05) is 13.1 Å². The number of carbonyl (C=O) groups is 2. The van der Waals surface area contributed by atoms with Crippen molar-refractivity contribution in [1.29, 1.82) is 0 Å². The van der Waals surface area contributed by atoms with E-state index in [2.05, 4.69) is 10.3 Å². The van der Waals surface area contributed by atoms with E-state index in [1.807, 2.05) is 39.9 Å². The number of nitrogens with one attached hydrogen (secondary N) is 1. The molecule has 1 atom stereocenters. The van der Waals surface area contributed by atoms with Gasteiger partial charge in [-0.15, -0.1) is 0 Å². The predicted octanol–water partition coefficient (Wildman–Crippen LogP) is 1.89. The molecule has 26 heavy (non-hydrogen) atoms. The van der Waals surface area contributed by atoms with Crippen molar-refractivity contribution in [3.05, 3.63) is 48.4 Å². The van der Waals surface area contributed by atoms with Crippen molar-refractivity contribution in [3.63, 3.8) is 0 Å². The van der Waals surface area contributed by atoms with Crippen LogP contribution < -0.4 is 10.3 Å². The molecule has 0 spiro atoms. The molecule has 3 heterocycles. The van der Waals surface area contributed by atoms with Gasteiger partial charge in [-0.1, -0.05) is 23.2 Å². The summed E-state index contributed by atoms with van der Waals surface area (Å²) in [6, 6.07) is 7.73. The largest absolute Gasteiger partial charge is 0.340 e. The second-order valence-electron chi connectivity index (χ2n) is 6.90. The van der Waals surface area contributed by atoms with Crippen molar-refractivity contribution < 1.29 is 9.59 Å². The van der Waals surface area contributed by atoms with Crippen molar-refractivity contribution in [2.45, 2.75) is 26.3 Å². The maximum atomic E-state index is 12.9. The lowest BCUT2D eigenvalue weighted by Gasteiger charge is -2.31. The molecule has 133 valence electrons. The summed E-state index contributed by atoms with van der Waals surface area (Å²) in [4.78, 5) is 31.1. The first-order chi connectivity index (χ1) is 12.6. The Balaban J connectivity index is 1.53. The number of fused-ring (bicyclic) bond motifs is 1. The molecule has 1 unspecified atom stereocenters. The number of amidine groups is 1. The lowest BCUT2D eigenvalue weighted by Crippen LogP contribution is -2.45. The third kappa shape index (κ3) is 3.03. The van der Waals surface area contributed by atoms with Crippen LogP contribution in [0.1, 0.15) is 30.1 Å². The van der Waals surface area contributed by atoms with Gasteiger partial charge in [-0.2, -0.15) is 0 Å². The zero-order valence-corrected chi connectivity index (χ0v) is 14.8. The molecule has 1 aromatic heterocycles. The molecule has 1 radical (unpaired) electrons. The highest BCUT2D eigenvalue weighted by atomic mass is 16.2. The predicted molar refractivity (Wildman–Crippen MR) is 101 cm³/mol. The Hall–Kier alpha value is -2.89. The monoisotopic (exact) mass is 350 g/mol. The minimum absolute atomic E-state index is 0.0169. The van der Waals surface area contributed by atoms with Gasteiger partial charge in [0, 0.05) is 35.8 Å². The Morgan fingerprint density at radius 3 is 2.92 bits per heavy atom. The van der Waals surface area contributed by atoms with Gasteiger partial charge in [0.1, 0.15) is 12.7 Å². The van der Waals surface area contributed by atoms with Crippen LogP contribution in [0.15, 0.2) is 42.9 Å². The molecule has 1 N–H and O–H groups in total. The molecule has 6 nitrogen and oxygen atoms in total. The molecule has 6 heteroatoms. The Bertz CT molecular complexity index is 925. The van der Waals surface area contributed by atoms with E-state index in [1.165, 1.54) is 0 Å². The molecule has 2 aliphatic rings. The quantitative estimate of drug-likeness (QED) is 0.856. The van der Waals surface area contributed by atoms with Gasteiger partial charge < -0.3 is 9.47 Å². The third-order valence-electron chi connectivity index (χ3n) is 5.15. The molecule has 4 rings (SSSR count). The number of carbonyl (C=O) groups excluding carboxylic acids is 2. The highest BCUT2D eigenvalue weighted by molar-refractivity contribution is 6.07. The number of nitrogens with zero attached hydrogens (tertiary/aromatic N) is 3. The minimum atomic E-state index is 0.0169. The van der Waals surface area contributed by atoms with Crippen LogP contribution in [-0.2, 0) is 11.3 Å².